The zero-order chi connectivity index (χ0) is 22.7. The minimum absolute atomic E-state index is 0.184. The Hall–Kier alpha value is -2.51. The summed E-state index contributed by atoms with van der Waals surface area (Å²) in [5.74, 6) is 0.833. The summed E-state index contributed by atoms with van der Waals surface area (Å²) in [4.78, 5) is 29.9. The smallest absolute Gasteiger partial charge is 0.253 e. The van der Waals surface area contributed by atoms with Crippen LogP contribution in [0.5, 0.6) is 0 Å². The third kappa shape index (κ3) is 6.04. The lowest BCUT2D eigenvalue weighted by Crippen LogP contribution is -2.29. The van der Waals surface area contributed by atoms with Gasteiger partial charge in [0.05, 0.1) is 24.4 Å². The number of aryl methyl sites for hydroxylation is 1. The third-order valence-corrected chi connectivity index (χ3v) is 6.05. The van der Waals surface area contributed by atoms with E-state index in [1.54, 1.807) is 13.8 Å². The Morgan fingerprint density at radius 1 is 0.969 bits per heavy atom. The van der Waals surface area contributed by atoms with Crippen LogP contribution in [0.25, 0.3) is 10.9 Å². The van der Waals surface area contributed by atoms with E-state index in [2.05, 4.69) is 15.6 Å². The maximum absolute atomic E-state index is 12.7. The van der Waals surface area contributed by atoms with Crippen molar-refractivity contribution in [2.45, 2.75) is 65.1 Å². The first-order valence-corrected chi connectivity index (χ1v) is 11.7. The van der Waals surface area contributed by atoms with E-state index >= 15 is 0 Å². The lowest BCUT2D eigenvalue weighted by atomic mass is 10.1. The summed E-state index contributed by atoms with van der Waals surface area (Å²) in [5.41, 5.74) is 2.97. The van der Waals surface area contributed by atoms with Gasteiger partial charge in [0, 0.05) is 16.8 Å². The molecule has 2 fully saturated rings. The van der Waals surface area contributed by atoms with Crippen LogP contribution in [0, 0.1) is 11.8 Å². The van der Waals surface area contributed by atoms with E-state index in [4.69, 9.17) is 9.47 Å². The number of anilines is 2. The number of carbonyl (C=O) groups excluding carboxylic acids is 2. The molecule has 0 bridgehead atoms. The first kappa shape index (κ1) is 22.7. The Kier molecular flexibility index (Phi) is 7.06. The van der Waals surface area contributed by atoms with Crippen LogP contribution in [0.1, 0.15) is 52.1 Å². The summed E-state index contributed by atoms with van der Waals surface area (Å²) in [6.45, 7) is 6.83. The lowest BCUT2D eigenvalue weighted by Gasteiger charge is -2.17. The molecule has 2 saturated carbocycles. The van der Waals surface area contributed by atoms with Gasteiger partial charge >= 0.3 is 0 Å². The van der Waals surface area contributed by atoms with Gasteiger partial charge in [-0.1, -0.05) is 6.92 Å². The van der Waals surface area contributed by atoms with Crippen molar-refractivity contribution in [3.05, 3.63) is 30.0 Å². The maximum atomic E-state index is 12.7. The van der Waals surface area contributed by atoms with Crippen LogP contribution in [-0.4, -0.2) is 42.2 Å². The molecule has 7 nitrogen and oxygen atoms in total. The van der Waals surface area contributed by atoms with Crippen molar-refractivity contribution >= 4 is 34.1 Å². The summed E-state index contributed by atoms with van der Waals surface area (Å²) in [7, 11) is 0. The molecular weight excluding hydrogens is 406 g/mol. The van der Waals surface area contributed by atoms with Crippen molar-refractivity contribution in [3.63, 3.8) is 0 Å². The van der Waals surface area contributed by atoms with Crippen molar-refractivity contribution in [2.75, 3.05) is 23.8 Å². The quantitative estimate of drug-likeness (QED) is 0.545. The van der Waals surface area contributed by atoms with E-state index in [1.165, 1.54) is 25.7 Å². The summed E-state index contributed by atoms with van der Waals surface area (Å²) in [6, 6.07) is 7.43. The van der Waals surface area contributed by atoms with Gasteiger partial charge in [0.25, 0.3) is 11.8 Å². The number of hydrogen-bond acceptors (Lipinski definition) is 5. The summed E-state index contributed by atoms with van der Waals surface area (Å²) in [6.07, 6.45) is 4.44. The van der Waals surface area contributed by atoms with Crippen LogP contribution in [0.15, 0.2) is 24.3 Å². The molecule has 32 heavy (non-hydrogen) atoms. The number of amides is 2. The molecule has 0 unspecified atom stereocenters. The highest BCUT2D eigenvalue weighted by Gasteiger charge is 2.25. The average Bonchev–Trinajstić information content (AvgIpc) is 3.70. The fourth-order valence-electron chi connectivity index (χ4n) is 3.40. The predicted molar refractivity (Wildman–Crippen MR) is 125 cm³/mol. The Labute approximate surface area is 189 Å². The van der Waals surface area contributed by atoms with Gasteiger partial charge in [-0.15, -0.1) is 0 Å². The van der Waals surface area contributed by atoms with Gasteiger partial charge in [-0.05, 0) is 82.1 Å². The van der Waals surface area contributed by atoms with E-state index in [9.17, 15) is 9.59 Å². The molecular formula is C25H33N3O4. The number of nitrogens with zero attached hydrogens (tertiary/aromatic N) is 1. The topological polar surface area (TPSA) is 89.6 Å². The molecule has 1 heterocycles. The molecule has 0 aliphatic heterocycles. The van der Waals surface area contributed by atoms with Crippen molar-refractivity contribution in [2.24, 2.45) is 11.8 Å². The van der Waals surface area contributed by atoms with Crippen LogP contribution < -0.4 is 10.6 Å². The number of rotatable bonds is 11. The fraction of sp³-hybridized carbons (Fsp3) is 0.560. The summed E-state index contributed by atoms with van der Waals surface area (Å²) >= 11 is 0. The van der Waals surface area contributed by atoms with E-state index in [1.807, 2.05) is 31.2 Å². The minimum Gasteiger partial charge on any atom is -0.368 e. The Balaban J connectivity index is 1.48. The molecule has 2 amide bonds. The first-order chi connectivity index (χ1) is 15.4. The van der Waals surface area contributed by atoms with E-state index in [-0.39, 0.29) is 11.8 Å². The highest BCUT2D eigenvalue weighted by Crippen LogP contribution is 2.31. The number of fused-ring (bicyclic) bond motifs is 1. The highest BCUT2D eigenvalue weighted by molar-refractivity contribution is 6.04. The fourth-order valence-corrected chi connectivity index (χ4v) is 3.40. The SMILES string of the molecule is CCc1cc(NC(=O)[C@@H](C)OCC2CC2)c2cc(NC(=O)[C@@H](C)OCC3CC3)ccc2n1. The second-order valence-electron chi connectivity index (χ2n) is 9.06. The molecule has 0 saturated heterocycles. The lowest BCUT2D eigenvalue weighted by molar-refractivity contribution is -0.127. The van der Waals surface area contributed by atoms with Crippen LogP contribution >= 0.6 is 0 Å². The molecule has 0 radical (unpaired) electrons. The Bertz CT molecular complexity index is 985. The molecule has 2 aliphatic rings. The van der Waals surface area contributed by atoms with Crippen LogP contribution in [-0.2, 0) is 25.5 Å². The highest BCUT2D eigenvalue weighted by atomic mass is 16.5. The monoisotopic (exact) mass is 439 g/mol. The summed E-state index contributed by atoms with van der Waals surface area (Å²) < 4.78 is 11.4. The van der Waals surface area contributed by atoms with Crippen LogP contribution in [0.4, 0.5) is 11.4 Å². The molecule has 2 atom stereocenters. The third-order valence-electron chi connectivity index (χ3n) is 6.05. The average molecular weight is 440 g/mol. The molecule has 0 spiro atoms. The molecule has 172 valence electrons. The largest absolute Gasteiger partial charge is 0.368 e. The molecule has 2 aromatic rings. The van der Waals surface area contributed by atoms with Gasteiger partial charge in [-0.25, -0.2) is 0 Å². The number of carbonyl (C=O) groups is 2. The van der Waals surface area contributed by atoms with Crippen molar-refractivity contribution in [1.82, 2.24) is 4.98 Å². The van der Waals surface area contributed by atoms with Gasteiger partial charge in [0.2, 0.25) is 0 Å². The van der Waals surface area contributed by atoms with Crippen molar-refractivity contribution < 1.29 is 19.1 Å². The number of ether oxygens (including phenoxy) is 2. The second kappa shape index (κ2) is 9.96. The predicted octanol–water partition coefficient (Wildman–Crippen LogP) is 4.30. The maximum Gasteiger partial charge on any atom is 0.253 e. The second-order valence-corrected chi connectivity index (χ2v) is 9.06. The van der Waals surface area contributed by atoms with Crippen molar-refractivity contribution in [1.29, 1.82) is 0 Å². The minimum atomic E-state index is -0.531. The molecule has 1 aromatic carbocycles. The molecule has 2 aliphatic carbocycles. The van der Waals surface area contributed by atoms with E-state index in [0.717, 1.165) is 23.0 Å². The van der Waals surface area contributed by atoms with Gasteiger partial charge < -0.3 is 20.1 Å². The molecule has 4 rings (SSSR count). The zero-order valence-corrected chi connectivity index (χ0v) is 19.1. The summed E-state index contributed by atoms with van der Waals surface area (Å²) in [5, 5.41) is 6.70. The van der Waals surface area contributed by atoms with Crippen molar-refractivity contribution in [3.8, 4) is 0 Å². The zero-order valence-electron chi connectivity index (χ0n) is 19.1. The van der Waals surface area contributed by atoms with Gasteiger partial charge in [0.1, 0.15) is 12.2 Å². The van der Waals surface area contributed by atoms with Gasteiger partial charge in [-0.3, -0.25) is 14.6 Å². The van der Waals surface area contributed by atoms with E-state index in [0.29, 0.717) is 36.4 Å². The van der Waals surface area contributed by atoms with Gasteiger partial charge in [0.15, 0.2) is 0 Å². The Morgan fingerprint density at radius 2 is 1.56 bits per heavy atom. The molecule has 1 aromatic heterocycles. The standard InChI is InChI=1S/C25H33N3O4/c1-4-19-12-23(28-25(30)16(3)32-14-18-7-8-18)21-11-20(9-10-22(21)26-19)27-24(29)15(2)31-13-17-5-6-17/h9-12,15-18H,4-8,13-14H2,1-3H3,(H,27,29)(H,26,28,30)/t15-,16-/m1/s1. The Morgan fingerprint density at radius 3 is 2.12 bits per heavy atom. The molecule has 2 N–H and O–H groups in total. The van der Waals surface area contributed by atoms with E-state index < -0.39 is 12.2 Å². The molecule has 7 heteroatoms. The number of aromatic nitrogens is 1. The first-order valence-electron chi connectivity index (χ1n) is 11.7. The van der Waals surface area contributed by atoms with Crippen LogP contribution in [0.2, 0.25) is 0 Å². The number of nitrogens with one attached hydrogen (secondary N) is 2. The van der Waals surface area contributed by atoms with Crippen LogP contribution in [0.3, 0.4) is 0 Å². The number of hydrogen-bond donors (Lipinski definition) is 2. The number of benzene rings is 1. The van der Waals surface area contributed by atoms with Gasteiger partial charge in [-0.2, -0.15) is 0 Å². The normalized spacial score (nSPS) is 17.7. The number of pyridine rings is 1.